The van der Waals surface area contributed by atoms with Crippen molar-refractivity contribution in [3.05, 3.63) is 0 Å². The molecule has 0 fully saturated rings. The average molecular weight is 197 g/mol. The zero-order valence-electron chi connectivity index (χ0n) is 10.3. The molecule has 0 aliphatic heterocycles. The highest BCUT2D eigenvalue weighted by Gasteiger charge is 2.24. The van der Waals surface area contributed by atoms with E-state index in [1.54, 1.807) is 0 Å². The number of nitrogens with one attached hydrogen (secondary N) is 1. The van der Waals surface area contributed by atoms with Gasteiger partial charge in [-0.1, -0.05) is 20.8 Å². The summed E-state index contributed by atoms with van der Waals surface area (Å²) < 4.78 is 0. The van der Waals surface area contributed by atoms with Crippen molar-refractivity contribution in [2.75, 3.05) is 20.6 Å². The summed E-state index contributed by atoms with van der Waals surface area (Å²) in [6.07, 6.45) is 0. The van der Waals surface area contributed by atoms with Crippen LogP contribution in [0.3, 0.4) is 0 Å². The Morgan fingerprint density at radius 2 is 1.93 bits per heavy atom. The Labute approximate surface area is 88.1 Å². The normalized spacial score (nSPS) is 16.4. The van der Waals surface area contributed by atoms with E-state index in [0.717, 1.165) is 6.54 Å². The minimum atomic E-state index is -0.0789. The van der Waals surface area contributed by atoms with Gasteiger partial charge in [0.1, 0.15) is 6.04 Å². The van der Waals surface area contributed by atoms with Crippen LogP contribution in [0.5, 0.6) is 0 Å². The fourth-order valence-corrected chi connectivity index (χ4v) is 1.30. The van der Waals surface area contributed by atoms with Gasteiger partial charge in [0.25, 0.3) is 0 Å². The van der Waals surface area contributed by atoms with Crippen LogP contribution >= 0.6 is 0 Å². The molecule has 0 amide bonds. The van der Waals surface area contributed by atoms with Gasteiger partial charge in [-0.15, -0.1) is 0 Å². The van der Waals surface area contributed by atoms with Gasteiger partial charge in [-0.25, -0.2) is 0 Å². The molecule has 0 aromatic rings. The number of nitriles is 1. The lowest BCUT2D eigenvalue weighted by molar-refractivity contribution is 0.136. The van der Waals surface area contributed by atoms with Crippen LogP contribution in [0.2, 0.25) is 0 Å². The van der Waals surface area contributed by atoms with Crippen LogP contribution in [0.1, 0.15) is 27.7 Å². The smallest absolute Gasteiger partial charge is 0.108 e. The Kier molecular flexibility index (Phi) is 5.11. The molecule has 0 bridgehead atoms. The molecule has 3 heteroatoms. The van der Waals surface area contributed by atoms with Crippen molar-refractivity contribution >= 4 is 0 Å². The lowest BCUT2D eigenvalue weighted by atomic mass is 9.87. The summed E-state index contributed by atoms with van der Waals surface area (Å²) in [7, 11) is 3.89. The Bertz CT molecular complexity index is 200. The van der Waals surface area contributed by atoms with Gasteiger partial charge in [-0.2, -0.15) is 5.26 Å². The average Bonchev–Trinajstić information content (AvgIpc) is 2.11. The van der Waals surface area contributed by atoms with E-state index in [4.69, 9.17) is 5.26 Å². The molecule has 2 unspecified atom stereocenters. The third kappa shape index (κ3) is 4.08. The van der Waals surface area contributed by atoms with E-state index in [2.05, 4.69) is 51.0 Å². The molecule has 1 N–H and O–H groups in total. The van der Waals surface area contributed by atoms with Crippen LogP contribution in [0.4, 0.5) is 0 Å². The molecule has 0 heterocycles. The Hall–Kier alpha value is -0.590. The van der Waals surface area contributed by atoms with Crippen LogP contribution in [-0.4, -0.2) is 37.6 Å². The van der Waals surface area contributed by atoms with Gasteiger partial charge in [0, 0.05) is 12.6 Å². The molecular formula is C11H23N3. The Morgan fingerprint density at radius 1 is 1.43 bits per heavy atom. The first-order valence-electron chi connectivity index (χ1n) is 5.10. The zero-order valence-corrected chi connectivity index (χ0v) is 10.3. The monoisotopic (exact) mass is 197 g/mol. The first-order valence-corrected chi connectivity index (χ1v) is 5.10. The van der Waals surface area contributed by atoms with E-state index in [1.807, 2.05) is 7.05 Å². The predicted octanol–water partition coefficient (Wildman–Crippen LogP) is 1.46. The molecule has 82 valence electrons. The highest BCUT2D eigenvalue weighted by molar-refractivity contribution is 4.92. The van der Waals surface area contributed by atoms with Gasteiger partial charge in [-0.05, 0) is 26.4 Å². The summed E-state index contributed by atoms with van der Waals surface area (Å²) in [6, 6.07) is 2.62. The number of hydrogen-bond donors (Lipinski definition) is 1. The highest BCUT2D eigenvalue weighted by Crippen LogP contribution is 2.22. The SMILES string of the molecule is CNC(C#N)CN(C)C(C)C(C)(C)C. The van der Waals surface area contributed by atoms with Crippen molar-refractivity contribution in [3.8, 4) is 6.07 Å². The standard InChI is InChI=1S/C11H23N3/c1-9(11(2,3)4)14(6)8-10(7-12)13-5/h9-10,13H,8H2,1-6H3. The third-order valence-electron chi connectivity index (χ3n) is 2.89. The molecule has 0 spiro atoms. The summed E-state index contributed by atoms with van der Waals surface area (Å²) in [5.74, 6) is 0. The number of likely N-dealkylation sites (N-methyl/N-ethyl adjacent to an activating group) is 2. The summed E-state index contributed by atoms with van der Waals surface area (Å²) in [5.41, 5.74) is 0.252. The molecule has 0 aromatic carbocycles. The minimum Gasteiger partial charge on any atom is -0.304 e. The van der Waals surface area contributed by atoms with Gasteiger partial charge < -0.3 is 10.2 Å². The molecule has 3 nitrogen and oxygen atoms in total. The Morgan fingerprint density at radius 3 is 2.21 bits per heavy atom. The molecule has 0 radical (unpaired) electrons. The molecule has 0 aliphatic carbocycles. The number of nitrogens with zero attached hydrogens (tertiary/aromatic N) is 2. The minimum absolute atomic E-state index is 0.0789. The topological polar surface area (TPSA) is 39.1 Å². The molecule has 0 rings (SSSR count). The van der Waals surface area contributed by atoms with Gasteiger partial charge in [0.15, 0.2) is 0 Å². The molecule has 0 aliphatic rings. The van der Waals surface area contributed by atoms with Crippen LogP contribution in [0, 0.1) is 16.7 Å². The highest BCUT2D eigenvalue weighted by atomic mass is 15.2. The first-order chi connectivity index (χ1) is 6.32. The van der Waals surface area contributed by atoms with Crippen molar-refractivity contribution < 1.29 is 0 Å². The summed E-state index contributed by atoms with van der Waals surface area (Å²) >= 11 is 0. The van der Waals surface area contributed by atoms with E-state index in [1.165, 1.54) is 0 Å². The molecule has 0 aromatic heterocycles. The number of rotatable bonds is 4. The second-order valence-corrected chi connectivity index (χ2v) is 4.95. The Balaban J connectivity index is 4.21. The predicted molar refractivity (Wildman–Crippen MR) is 60.0 cm³/mol. The zero-order chi connectivity index (χ0) is 11.4. The molecular weight excluding hydrogens is 174 g/mol. The van der Waals surface area contributed by atoms with E-state index in [0.29, 0.717) is 6.04 Å². The first kappa shape index (κ1) is 13.4. The van der Waals surface area contributed by atoms with Gasteiger partial charge in [-0.3, -0.25) is 0 Å². The van der Waals surface area contributed by atoms with Gasteiger partial charge in [0.2, 0.25) is 0 Å². The molecule has 14 heavy (non-hydrogen) atoms. The lowest BCUT2D eigenvalue weighted by Gasteiger charge is -2.36. The fourth-order valence-electron chi connectivity index (χ4n) is 1.30. The summed E-state index contributed by atoms with van der Waals surface area (Å²) in [4.78, 5) is 2.23. The van der Waals surface area contributed by atoms with Crippen molar-refractivity contribution in [2.45, 2.75) is 39.8 Å². The van der Waals surface area contributed by atoms with Crippen LogP contribution < -0.4 is 5.32 Å². The van der Waals surface area contributed by atoms with Gasteiger partial charge >= 0.3 is 0 Å². The van der Waals surface area contributed by atoms with Crippen LogP contribution in [-0.2, 0) is 0 Å². The maximum absolute atomic E-state index is 8.82. The second-order valence-electron chi connectivity index (χ2n) is 4.95. The van der Waals surface area contributed by atoms with Gasteiger partial charge in [0.05, 0.1) is 6.07 Å². The summed E-state index contributed by atoms with van der Waals surface area (Å²) in [5, 5.41) is 11.8. The van der Waals surface area contributed by atoms with Crippen LogP contribution in [0.25, 0.3) is 0 Å². The van der Waals surface area contributed by atoms with Crippen molar-refractivity contribution in [2.24, 2.45) is 5.41 Å². The summed E-state index contributed by atoms with van der Waals surface area (Å²) in [6.45, 7) is 9.62. The third-order valence-corrected chi connectivity index (χ3v) is 2.89. The van der Waals surface area contributed by atoms with Crippen molar-refractivity contribution in [1.29, 1.82) is 5.26 Å². The molecule has 2 atom stereocenters. The van der Waals surface area contributed by atoms with E-state index in [-0.39, 0.29) is 11.5 Å². The van der Waals surface area contributed by atoms with Crippen molar-refractivity contribution in [3.63, 3.8) is 0 Å². The molecule has 0 saturated heterocycles. The fraction of sp³-hybridized carbons (Fsp3) is 0.909. The van der Waals surface area contributed by atoms with E-state index in [9.17, 15) is 0 Å². The lowest BCUT2D eigenvalue weighted by Crippen LogP contribution is -2.45. The van der Waals surface area contributed by atoms with Crippen LogP contribution in [0.15, 0.2) is 0 Å². The quantitative estimate of drug-likeness (QED) is 0.741. The second kappa shape index (κ2) is 5.33. The van der Waals surface area contributed by atoms with Crippen molar-refractivity contribution in [1.82, 2.24) is 10.2 Å². The van der Waals surface area contributed by atoms with E-state index < -0.39 is 0 Å². The largest absolute Gasteiger partial charge is 0.304 e. The number of hydrogen-bond acceptors (Lipinski definition) is 3. The maximum Gasteiger partial charge on any atom is 0.108 e. The molecule has 0 saturated carbocycles. The van der Waals surface area contributed by atoms with E-state index >= 15 is 0 Å². The maximum atomic E-state index is 8.82.